The van der Waals surface area contributed by atoms with Crippen molar-refractivity contribution in [2.75, 3.05) is 12.2 Å². The molecule has 0 unspecified atom stereocenters. The Morgan fingerprint density at radius 1 is 1.53 bits per heavy atom. The van der Waals surface area contributed by atoms with Crippen LogP contribution in [0.25, 0.3) is 0 Å². The van der Waals surface area contributed by atoms with Crippen molar-refractivity contribution in [2.45, 2.75) is 0 Å². The van der Waals surface area contributed by atoms with Crippen molar-refractivity contribution in [1.29, 1.82) is 0 Å². The van der Waals surface area contributed by atoms with Crippen molar-refractivity contribution in [3.05, 3.63) is 34.4 Å². The van der Waals surface area contributed by atoms with Crippen LogP contribution in [0.3, 0.4) is 0 Å². The van der Waals surface area contributed by atoms with Crippen molar-refractivity contribution in [3.63, 3.8) is 0 Å². The number of hydrazone groups is 1. The summed E-state index contributed by atoms with van der Waals surface area (Å²) in [6, 6.07) is 6.23. The molecule has 1 aliphatic heterocycles. The Kier molecular flexibility index (Phi) is 2.22. The van der Waals surface area contributed by atoms with Crippen LogP contribution in [-0.4, -0.2) is 23.3 Å². The Bertz CT molecular complexity index is 419. The van der Waals surface area contributed by atoms with Gasteiger partial charge in [-0.2, -0.15) is 5.12 Å². The van der Waals surface area contributed by atoms with E-state index in [4.69, 9.17) is 0 Å². The number of hydrazine groups is 2. The zero-order valence-electron chi connectivity index (χ0n) is 7.99. The smallest absolute Gasteiger partial charge is 0.271 e. The molecule has 0 aromatic heterocycles. The van der Waals surface area contributed by atoms with Gasteiger partial charge >= 0.3 is 0 Å². The van der Waals surface area contributed by atoms with Gasteiger partial charge in [-0.05, 0) is 6.07 Å². The molecule has 1 aromatic rings. The fourth-order valence-corrected chi connectivity index (χ4v) is 1.19. The topological polar surface area (TPSA) is 74.0 Å². The summed E-state index contributed by atoms with van der Waals surface area (Å²) in [7, 11) is 1.78. The third-order valence-electron chi connectivity index (χ3n) is 1.88. The summed E-state index contributed by atoms with van der Waals surface area (Å²) in [4.78, 5) is 10.1. The monoisotopic (exact) mass is 207 g/mol. The van der Waals surface area contributed by atoms with Crippen molar-refractivity contribution < 1.29 is 4.92 Å². The van der Waals surface area contributed by atoms with E-state index in [0.717, 1.165) is 0 Å². The van der Waals surface area contributed by atoms with Crippen LogP contribution in [0.1, 0.15) is 0 Å². The maximum Gasteiger partial charge on any atom is 0.271 e. The van der Waals surface area contributed by atoms with E-state index in [1.807, 2.05) is 0 Å². The summed E-state index contributed by atoms with van der Waals surface area (Å²) in [6.45, 7) is 0. The molecule has 1 aromatic carbocycles. The minimum atomic E-state index is -0.438. The second kappa shape index (κ2) is 3.54. The number of hydrogen-bond donors (Lipinski definition) is 1. The quantitative estimate of drug-likeness (QED) is 0.571. The van der Waals surface area contributed by atoms with Gasteiger partial charge in [0.2, 0.25) is 0 Å². The molecule has 1 aliphatic rings. The Hall–Kier alpha value is -2.15. The fourth-order valence-electron chi connectivity index (χ4n) is 1.19. The zero-order valence-corrected chi connectivity index (χ0v) is 7.99. The van der Waals surface area contributed by atoms with Gasteiger partial charge in [0.25, 0.3) is 5.69 Å². The van der Waals surface area contributed by atoms with Crippen LogP contribution in [0, 0.1) is 10.1 Å². The molecule has 0 bridgehead atoms. The van der Waals surface area contributed by atoms with E-state index in [2.05, 4.69) is 10.6 Å². The molecule has 1 N–H and O–H groups in total. The third kappa shape index (κ3) is 1.86. The Balaban J connectivity index is 2.26. The first kappa shape index (κ1) is 9.41. The number of nitrogens with one attached hydrogen (secondary N) is 1. The van der Waals surface area contributed by atoms with Crippen LogP contribution in [0.5, 0.6) is 0 Å². The predicted molar refractivity (Wildman–Crippen MR) is 55.0 cm³/mol. The lowest BCUT2D eigenvalue weighted by molar-refractivity contribution is -0.384. The maximum absolute atomic E-state index is 10.6. The van der Waals surface area contributed by atoms with Gasteiger partial charge in [0.1, 0.15) is 6.34 Å². The standard InChI is InChI=1S/C8H9N5O2/c1-11-6-9-12(10-11)7-3-2-4-8(5-7)13(14)15/h2-6,10H,1H3. The molecule has 0 radical (unpaired) electrons. The highest BCUT2D eigenvalue weighted by Crippen LogP contribution is 2.20. The van der Waals surface area contributed by atoms with E-state index in [0.29, 0.717) is 5.69 Å². The molecule has 0 atom stereocenters. The van der Waals surface area contributed by atoms with Crippen LogP contribution < -0.4 is 10.7 Å². The van der Waals surface area contributed by atoms with Gasteiger partial charge in [0.15, 0.2) is 0 Å². The Morgan fingerprint density at radius 3 is 2.93 bits per heavy atom. The van der Waals surface area contributed by atoms with Crippen LogP contribution in [0.15, 0.2) is 29.4 Å². The summed E-state index contributed by atoms with van der Waals surface area (Å²) in [5.74, 6) is 0. The van der Waals surface area contributed by atoms with Crippen LogP contribution in [0.4, 0.5) is 11.4 Å². The van der Waals surface area contributed by atoms with E-state index in [9.17, 15) is 10.1 Å². The van der Waals surface area contributed by atoms with Crippen LogP contribution in [-0.2, 0) is 0 Å². The molecule has 0 amide bonds. The summed E-state index contributed by atoms with van der Waals surface area (Å²) >= 11 is 0. The van der Waals surface area contributed by atoms with Gasteiger partial charge in [0, 0.05) is 19.2 Å². The first-order chi connectivity index (χ1) is 7.16. The first-order valence-corrected chi connectivity index (χ1v) is 4.24. The highest BCUT2D eigenvalue weighted by molar-refractivity contribution is 5.62. The number of nitro groups is 1. The molecule has 78 valence electrons. The minimum absolute atomic E-state index is 0.0408. The van der Waals surface area contributed by atoms with E-state index < -0.39 is 4.92 Å². The molecule has 0 saturated carbocycles. The molecule has 0 fully saturated rings. The van der Waals surface area contributed by atoms with Gasteiger partial charge in [0.05, 0.1) is 10.6 Å². The van der Waals surface area contributed by atoms with E-state index in [-0.39, 0.29) is 5.69 Å². The average molecular weight is 207 g/mol. The Morgan fingerprint density at radius 2 is 2.33 bits per heavy atom. The lowest BCUT2D eigenvalue weighted by Crippen LogP contribution is -2.37. The van der Waals surface area contributed by atoms with Gasteiger partial charge < -0.3 is 0 Å². The molecule has 7 nitrogen and oxygen atoms in total. The number of anilines is 1. The van der Waals surface area contributed by atoms with Crippen LogP contribution in [0.2, 0.25) is 0 Å². The number of nitro benzene ring substituents is 1. The molecule has 15 heavy (non-hydrogen) atoms. The maximum atomic E-state index is 10.6. The minimum Gasteiger partial charge on any atom is -0.280 e. The zero-order chi connectivity index (χ0) is 10.8. The van der Waals surface area contributed by atoms with Crippen molar-refractivity contribution in [1.82, 2.24) is 10.5 Å². The van der Waals surface area contributed by atoms with Gasteiger partial charge in [-0.1, -0.05) is 6.07 Å². The SMILES string of the molecule is CN1C=NN(c2cccc([N+](=O)[O-])c2)N1. The molecule has 2 rings (SSSR count). The highest BCUT2D eigenvalue weighted by Gasteiger charge is 2.14. The lowest BCUT2D eigenvalue weighted by Gasteiger charge is -2.16. The number of rotatable bonds is 2. The molecular weight excluding hydrogens is 198 g/mol. The fraction of sp³-hybridized carbons (Fsp3) is 0.125. The second-order valence-electron chi connectivity index (χ2n) is 3.03. The molecular formula is C8H9N5O2. The van der Waals surface area contributed by atoms with Crippen LogP contribution >= 0.6 is 0 Å². The van der Waals surface area contributed by atoms with Gasteiger partial charge in [-0.25, -0.2) is 0 Å². The number of benzene rings is 1. The molecule has 7 heteroatoms. The first-order valence-electron chi connectivity index (χ1n) is 4.24. The molecule has 0 spiro atoms. The summed E-state index contributed by atoms with van der Waals surface area (Å²) < 4.78 is 0. The number of hydrogen-bond acceptors (Lipinski definition) is 6. The lowest BCUT2D eigenvalue weighted by atomic mass is 10.3. The predicted octanol–water partition coefficient (Wildman–Crippen LogP) is 0.710. The molecule has 0 saturated heterocycles. The summed E-state index contributed by atoms with van der Waals surface area (Å²) in [5, 5.41) is 17.6. The van der Waals surface area contributed by atoms with Gasteiger partial charge in [-0.3, -0.25) is 15.1 Å². The van der Waals surface area contributed by atoms with Gasteiger partial charge in [-0.15, -0.1) is 10.6 Å². The average Bonchev–Trinajstić information content (AvgIpc) is 2.65. The van der Waals surface area contributed by atoms with Crippen molar-refractivity contribution >= 4 is 17.7 Å². The highest BCUT2D eigenvalue weighted by atomic mass is 16.6. The Labute approximate surface area is 85.7 Å². The summed E-state index contributed by atoms with van der Waals surface area (Å²) in [6.07, 6.45) is 1.57. The van der Waals surface area contributed by atoms with Crippen molar-refractivity contribution in [3.8, 4) is 0 Å². The normalized spacial score (nSPS) is 14.7. The largest absolute Gasteiger partial charge is 0.280 e. The molecule has 0 aliphatic carbocycles. The third-order valence-corrected chi connectivity index (χ3v) is 1.88. The van der Waals surface area contributed by atoms with Crippen molar-refractivity contribution in [2.24, 2.45) is 5.10 Å². The van der Waals surface area contributed by atoms with E-state index in [1.54, 1.807) is 30.5 Å². The van der Waals surface area contributed by atoms with E-state index in [1.165, 1.54) is 17.3 Å². The molecule has 1 heterocycles. The number of nitrogens with zero attached hydrogens (tertiary/aromatic N) is 4. The van der Waals surface area contributed by atoms with E-state index >= 15 is 0 Å². The summed E-state index contributed by atoms with van der Waals surface area (Å²) in [5.41, 5.74) is 3.51. The number of non-ortho nitro benzene ring substituents is 1. The second-order valence-corrected chi connectivity index (χ2v) is 3.03.